The van der Waals surface area contributed by atoms with Gasteiger partial charge in [0.2, 0.25) is 0 Å². The van der Waals surface area contributed by atoms with Crippen molar-refractivity contribution in [3.8, 4) is 0 Å². The number of benzene rings is 1. The molecule has 0 bridgehead atoms. The van der Waals surface area contributed by atoms with Crippen molar-refractivity contribution in [2.24, 2.45) is 0 Å². The molecule has 0 spiro atoms. The van der Waals surface area contributed by atoms with Crippen molar-refractivity contribution in [2.75, 3.05) is 7.05 Å². The number of nitrogens with one attached hydrogen (secondary N) is 1. The molecule has 0 amide bonds. The molecule has 1 aromatic carbocycles. The summed E-state index contributed by atoms with van der Waals surface area (Å²) in [5.41, 5.74) is 1.79. The van der Waals surface area contributed by atoms with Crippen LogP contribution in [0.1, 0.15) is 5.56 Å². The number of likely N-dealkylation sites (N-methyl/N-ethyl adjacent to an activating group) is 1. The Balaban J connectivity index is 2.27. The summed E-state index contributed by atoms with van der Waals surface area (Å²) in [6, 6.07) is 7.70. The number of hydrogen-bond acceptors (Lipinski definition) is 4. The molecule has 0 aliphatic rings. The number of hydrogen-bond donors (Lipinski definition) is 3. The Hall–Kier alpha value is -1.30. The molecule has 1 heterocycles. The second-order valence-electron chi connectivity index (χ2n) is 3.77. The van der Waals surface area contributed by atoms with Gasteiger partial charge in [0.05, 0.1) is 6.26 Å². The van der Waals surface area contributed by atoms with Crippen molar-refractivity contribution in [3.05, 3.63) is 36.1 Å². The van der Waals surface area contributed by atoms with E-state index in [2.05, 4.69) is 5.32 Å². The lowest BCUT2D eigenvalue weighted by molar-refractivity contribution is 0.374. The van der Waals surface area contributed by atoms with Crippen LogP contribution in [0.15, 0.2) is 34.9 Å². The molecular weight excluding hydrogens is 205 g/mol. The predicted molar refractivity (Wildman–Crippen MR) is 63.0 cm³/mol. The topological polar surface area (TPSA) is 65.6 Å². The summed E-state index contributed by atoms with van der Waals surface area (Å²) in [7, 11) is 0.325. The van der Waals surface area contributed by atoms with E-state index in [1.54, 1.807) is 13.3 Å². The molecule has 3 N–H and O–H groups in total. The van der Waals surface area contributed by atoms with Crippen molar-refractivity contribution in [1.29, 1.82) is 0 Å². The molecule has 4 nitrogen and oxygen atoms in total. The first-order valence-corrected chi connectivity index (χ1v) is 5.21. The Labute approximate surface area is 94.0 Å². The lowest BCUT2D eigenvalue weighted by atomic mass is 9.76. The zero-order valence-corrected chi connectivity index (χ0v) is 9.05. The Morgan fingerprint density at radius 3 is 2.81 bits per heavy atom. The summed E-state index contributed by atoms with van der Waals surface area (Å²) in [5.74, 6) is -0.388. The Bertz CT molecular complexity index is 469. The van der Waals surface area contributed by atoms with Gasteiger partial charge in [-0.05, 0) is 25.1 Å². The Morgan fingerprint density at radius 2 is 2.12 bits per heavy atom. The van der Waals surface area contributed by atoms with Gasteiger partial charge in [0.1, 0.15) is 5.58 Å². The summed E-state index contributed by atoms with van der Waals surface area (Å²) >= 11 is 0. The van der Waals surface area contributed by atoms with Crippen molar-refractivity contribution < 1.29 is 14.5 Å². The fourth-order valence-electron chi connectivity index (χ4n) is 1.78. The maximum absolute atomic E-state index is 9.15. The zero-order chi connectivity index (χ0) is 11.5. The van der Waals surface area contributed by atoms with Gasteiger partial charge in [-0.15, -0.1) is 0 Å². The average molecular weight is 219 g/mol. The van der Waals surface area contributed by atoms with Gasteiger partial charge in [-0.25, -0.2) is 0 Å². The zero-order valence-electron chi connectivity index (χ0n) is 9.05. The maximum Gasteiger partial charge on any atom is 0.469 e. The van der Waals surface area contributed by atoms with Crippen LogP contribution in [0.2, 0.25) is 0 Å². The largest absolute Gasteiger partial charge is 0.469 e. The van der Waals surface area contributed by atoms with Gasteiger partial charge in [-0.1, -0.05) is 18.2 Å². The molecule has 1 atom stereocenters. The fourth-order valence-corrected chi connectivity index (χ4v) is 1.78. The Kier molecular flexibility index (Phi) is 3.29. The molecule has 0 aliphatic heterocycles. The minimum absolute atomic E-state index is 0.388. The second-order valence-corrected chi connectivity index (χ2v) is 3.77. The van der Waals surface area contributed by atoms with Gasteiger partial charge in [0, 0.05) is 11.3 Å². The average Bonchev–Trinajstić information content (AvgIpc) is 2.69. The van der Waals surface area contributed by atoms with Crippen LogP contribution in [0, 0.1) is 0 Å². The molecule has 0 radical (unpaired) electrons. The van der Waals surface area contributed by atoms with E-state index in [0.717, 1.165) is 16.5 Å². The van der Waals surface area contributed by atoms with Gasteiger partial charge in [-0.2, -0.15) is 0 Å². The molecule has 1 aromatic heterocycles. The van der Waals surface area contributed by atoms with Crippen LogP contribution in [-0.2, 0) is 6.42 Å². The molecule has 5 heteroatoms. The number of rotatable bonds is 4. The molecule has 2 aromatic rings. The quantitative estimate of drug-likeness (QED) is 0.658. The lowest BCUT2D eigenvalue weighted by Gasteiger charge is -2.13. The van der Waals surface area contributed by atoms with Crippen LogP contribution in [0.3, 0.4) is 0 Å². The van der Waals surface area contributed by atoms with Crippen LogP contribution in [0.4, 0.5) is 0 Å². The highest BCUT2D eigenvalue weighted by Crippen LogP contribution is 2.21. The van der Waals surface area contributed by atoms with E-state index >= 15 is 0 Å². The van der Waals surface area contributed by atoms with Gasteiger partial charge < -0.3 is 19.8 Å². The van der Waals surface area contributed by atoms with Gasteiger partial charge in [-0.3, -0.25) is 0 Å². The van der Waals surface area contributed by atoms with E-state index in [9.17, 15) is 0 Å². The highest BCUT2D eigenvalue weighted by molar-refractivity contribution is 6.43. The molecule has 0 saturated carbocycles. The summed E-state index contributed by atoms with van der Waals surface area (Å²) in [5, 5.41) is 22.2. The second kappa shape index (κ2) is 4.70. The maximum atomic E-state index is 9.15. The number of para-hydroxylation sites is 1. The van der Waals surface area contributed by atoms with Crippen molar-refractivity contribution in [2.45, 2.75) is 12.4 Å². The van der Waals surface area contributed by atoms with E-state index in [1.165, 1.54) is 0 Å². The number of fused-ring (bicyclic) bond motifs is 1. The monoisotopic (exact) mass is 219 g/mol. The van der Waals surface area contributed by atoms with Crippen molar-refractivity contribution >= 4 is 18.1 Å². The van der Waals surface area contributed by atoms with E-state index in [1.807, 2.05) is 24.3 Å². The molecule has 84 valence electrons. The first kappa shape index (κ1) is 11.2. The summed E-state index contributed by atoms with van der Waals surface area (Å²) in [6.45, 7) is 0. The van der Waals surface area contributed by atoms with Gasteiger partial charge >= 0.3 is 7.12 Å². The lowest BCUT2D eigenvalue weighted by Crippen LogP contribution is -2.43. The van der Waals surface area contributed by atoms with Crippen LogP contribution in [-0.4, -0.2) is 30.2 Å². The van der Waals surface area contributed by atoms with Crippen molar-refractivity contribution in [3.63, 3.8) is 0 Å². The molecular formula is C11H14BNO3. The predicted octanol–water partition coefficient (Wildman–Crippen LogP) is 0.575. The van der Waals surface area contributed by atoms with E-state index in [-0.39, 0.29) is 5.94 Å². The van der Waals surface area contributed by atoms with E-state index < -0.39 is 7.12 Å². The van der Waals surface area contributed by atoms with Gasteiger partial charge in [0.15, 0.2) is 0 Å². The minimum Gasteiger partial charge on any atom is -0.464 e. The molecule has 0 aliphatic carbocycles. The van der Waals surface area contributed by atoms with Gasteiger partial charge in [0.25, 0.3) is 0 Å². The first-order chi connectivity index (χ1) is 7.72. The highest BCUT2D eigenvalue weighted by atomic mass is 16.4. The molecule has 0 saturated heterocycles. The van der Waals surface area contributed by atoms with Crippen LogP contribution >= 0.6 is 0 Å². The molecule has 2 rings (SSSR count). The normalized spacial score (nSPS) is 12.9. The third-order valence-corrected chi connectivity index (χ3v) is 2.73. The van der Waals surface area contributed by atoms with E-state index in [4.69, 9.17) is 14.5 Å². The van der Waals surface area contributed by atoms with Crippen LogP contribution in [0.5, 0.6) is 0 Å². The third kappa shape index (κ3) is 2.11. The molecule has 0 unspecified atom stereocenters. The van der Waals surface area contributed by atoms with E-state index in [0.29, 0.717) is 6.42 Å². The summed E-state index contributed by atoms with van der Waals surface area (Å²) in [6.07, 6.45) is 2.18. The minimum atomic E-state index is -1.38. The van der Waals surface area contributed by atoms with Crippen molar-refractivity contribution in [1.82, 2.24) is 5.32 Å². The van der Waals surface area contributed by atoms with Crippen LogP contribution < -0.4 is 5.32 Å². The Morgan fingerprint density at radius 1 is 1.38 bits per heavy atom. The standard InChI is InChI=1S/C11H14BNO3/c1-13-11(12(14)15)6-8-7-16-10-5-3-2-4-9(8)10/h2-5,7,11,13-15H,6H2,1H3/t11-/m0/s1. The highest BCUT2D eigenvalue weighted by Gasteiger charge is 2.23. The molecule has 16 heavy (non-hydrogen) atoms. The summed E-state index contributed by atoms with van der Waals surface area (Å²) in [4.78, 5) is 0. The van der Waals surface area contributed by atoms with Crippen LogP contribution in [0.25, 0.3) is 11.0 Å². The third-order valence-electron chi connectivity index (χ3n) is 2.73. The summed E-state index contributed by atoms with van der Waals surface area (Å²) < 4.78 is 5.38. The fraction of sp³-hybridized carbons (Fsp3) is 0.273. The molecule has 0 fully saturated rings. The smallest absolute Gasteiger partial charge is 0.464 e. The SMILES string of the molecule is CN[C@@H](Cc1coc2ccccc12)B(O)O. The first-order valence-electron chi connectivity index (χ1n) is 5.21. The number of furan rings is 1.